The normalized spacial score (nSPS) is 16.7. The largest absolute Gasteiger partial charge is 0.362 e. The van der Waals surface area contributed by atoms with E-state index in [1.165, 1.54) is 22.1 Å². The SMILES string of the molecule is CC(C)C1(C)Nc2cccc3cccc(c23)N1. The molecule has 1 aliphatic rings. The zero-order valence-electron chi connectivity index (χ0n) is 10.5. The first-order chi connectivity index (χ1) is 8.10. The summed E-state index contributed by atoms with van der Waals surface area (Å²) in [6, 6.07) is 12.9. The predicted molar refractivity (Wildman–Crippen MR) is 74.4 cm³/mol. The Morgan fingerprint density at radius 3 is 1.94 bits per heavy atom. The van der Waals surface area contributed by atoms with Gasteiger partial charge in [-0.3, -0.25) is 0 Å². The van der Waals surface area contributed by atoms with Gasteiger partial charge < -0.3 is 10.6 Å². The van der Waals surface area contributed by atoms with Gasteiger partial charge in [-0.1, -0.05) is 38.1 Å². The maximum Gasteiger partial charge on any atom is 0.107 e. The van der Waals surface area contributed by atoms with Crippen LogP contribution in [-0.2, 0) is 0 Å². The summed E-state index contributed by atoms with van der Waals surface area (Å²) in [6.07, 6.45) is 0. The fraction of sp³-hybridized carbons (Fsp3) is 0.333. The Bertz CT molecular complexity index is 531. The van der Waals surface area contributed by atoms with Gasteiger partial charge in [0, 0.05) is 16.8 Å². The van der Waals surface area contributed by atoms with Crippen LogP contribution >= 0.6 is 0 Å². The van der Waals surface area contributed by atoms with Gasteiger partial charge in [0.15, 0.2) is 0 Å². The lowest BCUT2D eigenvalue weighted by molar-refractivity contribution is 0.419. The van der Waals surface area contributed by atoms with Crippen molar-refractivity contribution in [2.45, 2.75) is 26.4 Å². The minimum absolute atomic E-state index is 0.0807. The van der Waals surface area contributed by atoms with Gasteiger partial charge in [-0.05, 0) is 30.4 Å². The minimum Gasteiger partial charge on any atom is -0.362 e. The fourth-order valence-electron chi connectivity index (χ4n) is 2.43. The highest BCUT2D eigenvalue weighted by molar-refractivity contribution is 6.05. The molecule has 0 atom stereocenters. The van der Waals surface area contributed by atoms with Crippen LogP contribution in [0.5, 0.6) is 0 Å². The number of hydrogen-bond acceptors (Lipinski definition) is 2. The van der Waals surface area contributed by atoms with Crippen LogP contribution in [-0.4, -0.2) is 5.66 Å². The molecule has 1 heterocycles. The van der Waals surface area contributed by atoms with Crippen LogP contribution < -0.4 is 10.6 Å². The average molecular weight is 226 g/mol. The molecule has 3 rings (SSSR count). The number of rotatable bonds is 1. The first-order valence-corrected chi connectivity index (χ1v) is 6.18. The molecular formula is C15H18N2. The Hall–Kier alpha value is -1.70. The maximum absolute atomic E-state index is 3.63. The summed E-state index contributed by atoms with van der Waals surface area (Å²) in [5.74, 6) is 0.506. The van der Waals surface area contributed by atoms with Crippen molar-refractivity contribution >= 4 is 22.1 Å². The van der Waals surface area contributed by atoms with E-state index < -0.39 is 0 Å². The Labute approximate surface area is 102 Å². The molecule has 0 amide bonds. The first-order valence-electron chi connectivity index (χ1n) is 6.18. The van der Waals surface area contributed by atoms with Crippen molar-refractivity contribution in [3.63, 3.8) is 0 Å². The van der Waals surface area contributed by atoms with Gasteiger partial charge in [-0.15, -0.1) is 0 Å². The lowest BCUT2D eigenvalue weighted by atomic mass is 9.92. The lowest BCUT2D eigenvalue weighted by Gasteiger charge is -2.41. The van der Waals surface area contributed by atoms with E-state index in [1.807, 2.05) is 0 Å². The van der Waals surface area contributed by atoms with E-state index in [9.17, 15) is 0 Å². The van der Waals surface area contributed by atoms with Gasteiger partial charge in [0.25, 0.3) is 0 Å². The molecule has 0 saturated heterocycles. The van der Waals surface area contributed by atoms with E-state index in [0.29, 0.717) is 5.92 Å². The summed E-state index contributed by atoms with van der Waals surface area (Å²) < 4.78 is 0. The lowest BCUT2D eigenvalue weighted by Crippen LogP contribution is -2.49. The maximum atomic E-state index is 3.63. The van der Waals surface area contributed by atoms with Crippen LogP contribution in [0.25, 0.3) is 10.8 Å². The molecule has 0 radical (unpaired) electrons. The summed E-state index contributed by atoms with van der Waals surface area (Å²) in [7, 11) is 0. The van der Waals surface area contributed by atoms with Crippen molar-refractivity contribution < 1.29 is 0 Å². The summed E-state index contributed by atoms with van der Waals surface area (Å²) in [5.41, 5.74) is 2.38. The third-order valence-electron chi connectivity index (χ3n) is 3.85. The van der Waals surface area contributed by atoms with E-state index in [1.54, 1.807) is 0 Å². The predicted octanol–water partition coefficient (Wildman–Crippen LogP) is 4.05. The van der Waals surface area contributed by atoms with Crippen LogP contribution in [0.1, 0.15) is 20.8 Å². The van der Waals surface area contributed by atoms with Crippen LogP contribution in [0.3, 0.4) is 0 Å². The van der Waals surface area contributed by atoms with E-state index in [-0.39, 0.29) is 5.66 Å². The van der Waals surface area contributed by atoms with Gasteiger partial charge in [0.1, 0.15) is 5.66 Å². The van der Waals surface area contributed by atoms with Crippen LogP contribution in [0.4, 0.5) is 11.4 Å². The summed E-state index contributed by atoms with van der Waals surface area (Å²) in [6.45, 7) is 6.68. The van der Waals surface area contributed by atoms with Gasteiger partial charge in [0.05, 0.1) is 0 Å². The molecule has 0 saturated carbocycles. The fourth-order valence-corrected chi connectivity index (χ4v) is 2.43. The Morgan fingerprint density at radius 1 is 0.941 bits per heavy atom. The molecule has 0 unspecified atom stereocenters. The van der Waals surface area contributed by atoms with Gasteiger partial charge >= 0.3 is 0 Å². The molecule has 88 valence electrons. The van der Waals surface area contributed by atoms with Crippen LogP contribution in [0.2, 0.25) is 0 Å². The number of nitrogens with one attached hydrogen (secondary N) is 2. The van der Waals surface area contributed by atoms with Crippen molar-refractivity contribution in [2.24, 2.45) is 5.92 Å². The summed E-state index contributed by atoms with van der Waals surface area (Å²) in [4.78, 5) is 0. The molecule has 2 aromatic rings. The molecule has 1 aliphatic heterocycles. The number of anilines is 2. The van der Waals surface area contributed by atoms with Crippen molar-refractivity contribution in [3.05, 3.63) is 36.4 Å². The van der Waals surface area contributed by atoms with E-state index >= 15 is 0 Å². The Kier molecular flexibility index (Phi) is 2.09. The molecule has 17 heavy (non-hydrogen) atoms. The van der Waals surface area contributed by atoms with Crippen LogP contribution in [0, 0.1) is 5.92 Å². The zero-order chi connectivity index (χ0) is 12.0. The Morgan fingerprint density at radius 2 is 1.47 bits per heavy atom. The highest BCUT2D eigenvalue weighted by Gasteiger charge is 2.32. The smallest absolute Gasteiger partial charge is 0.107 e. The molecule has 0 bridgehead atoms. The summed E-state index contributed by atoms with van der Waals surface area (Å²) in [5, 5.41) is 9.83. The number of benzene rings is 2. The van der Waals surface area contributed by atoms with E-state index in [4.69, 9.17) is 0 Å². The number of hydrogen-bond donors (Lipinski definition) is 2. The quantitative estimate of drug-likeness (QED) is 0.766. The van der Waals surface area contributed by atoms with Crippen molar-refractivity contribution in [1.82, 2.24) is 0 Å². The summed E-state index contributed by atoms with van der Waals surface area (Å²) >= 11 is 0. The third-order valence-corrected chi connectivity index (χ3v) is 3.85. The molecule has 0 aromatic heterocycles. The molecule has 2 nitrogen and oxygen atoms in total. The average Bonchev–Trinajstić information content (AvgIpc) is 2.29. The second-order valence-corrected chi connectivity index (χ2v) is 5.32. The zero-order valence-corrected chi connectivity index (χ0v) is 10.5. The topological polar surface area (TPSA) is 24.1 Å². The molecule has 0 spiro atoms. The van der Waals surface area contributed by atoms with E-state index in [2.05, 4.69) is 67.8 Å². The van der Waals surface area contributed by atoms with E-state index in [0.717, 1.165) is 0 Å². The monoisotopic (exact) mass is 226 g/mol. The highest BCUT2D eigenvalue weighted by atomic mass is 15.2. The van der Waals surface area contributed by atoms with Gasteiger partial charge in [-0.25, -0.2) is 0 Å². The Balaban J connectivity index is 2.24. The molecule has 2 heteroatoms. The first kappa shape index (κ1) is 10.5. The second kappa shape index (κ2) is 3.39. The molecule has 2 N–H and O–H groups in total. The molecular weight excluding hydrogens is 208 g/mol. The second-order valence-electron chi connectivity index (χ2n) is 5.32. The third kappa shape index (κ3) is 1.47. The van der Waals surface area contributed by atoms with Gasteiger partial charge in [0.2, 0.25) is 0 Å². The molecule has 0 aliphatic carbocycles. The minimum atomic E-state index is -0.0807. The van der Waals surface area contributed by atoms with Crippen molar-refractivity contribution in [1.29, 1.82) is 0 Å². The standard InChI is InChI=1S/C15H18N2/c1-10(2)15(3)16-12-8-4-6-11-7-5-9-13(17-15)14(11)12/h4-10,16-17H,1-3H3. The van der Waals surface area contributed by atoms with Crippen LogP contribution in [0.15, 0.2) is 36.4 Å². The molecule has 0 fully saturated rings. The van der Waals surface area contributed by atoms with Crippen molar-refractivity contribution in [3.8, 4) is 0 Å². The molecule has 2 aromatic carbocycles. The highest BCUT2D eigenvalue weighted by Crippen LogP contribution is 2.39. The van der Waals surface area contributed by atoms with Crippen molar-refractivity contribution in [2.75, 3.05) is 10.6 Å². The van der Waals surface area contributed by atoms with Gasteiger partial charge in [-0.2, -0.15) is 0 Å².